The third-order valence-corrected chi connectivity index (χ3v) is 5.49. The predicted octanol–water partition coefficient (Wildman–Crippen LogP) is 2.37. The molecule has 0 saturated heterocycles. The first-order chi connectivity index (χ1) is 11.5. The fraction of sp³-hybridized carbons (Fsp3) is 0.118. The summed E-state index contributed by atoms with van der Waals surface area (Å²) in [5.74, 6) is -0.384. The van der Waals surface area contributed by atoms with Gasteiger partial charge in [0.25, 0.3) is 10.0 Å². The Balaban J connectivity index is 1.95. The van der Waals surface area contributed by atoms with E-state index in [4.69, 9.17) is 0 Å². The monoisotopic (exact) mass is 336 g/mol. The van der Waals surface area contributed by atoms with Gasteiger partial charge in [0.05, 0.1) is 27.7 Å². The van der Waals surface area contributed by atoms with Crippen LogP contribution in [0.25, 0.3) is 11.0 Å². The van der Waals surface area contributed by atoms with E-state index >= 15 is 0 Å². The third-order valence-electron chi connectivity index (χ3n) is 4.14. The van der Waals surface area contributed by atoms with Crippen LogP contribution in [0.1, 0.15) is 17.3 Å². The molecule has 1 unspecified atom stereocenters. The summed E-state index contributed by atoms with van der Waals surface area (Å²) in [6.45, 7) is 0. The number of benzene rings is 2. The van der Waals surface area contributed by atoms with Gasteiger partial charge in [-0.05, 0) is 18.2 Å². The quantitative estimate of drug-likeness (QED) is 0.719. The highest BCUT2D eigenvalue weighted by atomic mass is 32.2. The zero-order chi connectivity index (χ0) is 16.9. The molecular weight excluding hydrogens is 324 g/mol. The molecule has 0 amide bonds. The van der Waals surface area contributed by atoms with E-state index in [0.29, 0.717) is 11.4 Å². The van der Waals surface area contributed by atoms with Crippen LogP contribution in [0.5, 0.6) is 0 Å². The molecule has 0 fully saturated rings. The number of para-hydroxylation sites is 2. The molecule has 2 aromatic carbocycles. The molecule has 1 aliphatic rings. The number of hydrogen-bond donors (Lipinski definition) is 0. The third kappa shape index (κ3) is 1.97. The lowest BCUT2D eigenvalue weighted by Crippen LogP contribution is -2.15. The van der Waals surface area contributed by atoms with Crippen molar-refractivity contribution in [1.82, 2.24) is 9.55 Å². The van der Waals surface area contributed by atoms with Crippen molar-refractivity contribution in [3.05, 3.63) is 59.9 Å². The Labute approximate surface area is 138 Å². The number of imidazole rings is 1. The van der Waals surface area contributed by atoms with Gasteiger partial charge in [0.15, 0.2) is 0 Å². The van der Waals surface area contributed by atoms with Gasteiger partial charge in [-0.3, -0.25) is 0 Å². The summed E-state index contributed by atoms with van der Waals surface area (Å²) in [7, 11) is -1.95. The van der Waals surface area contributed by atoms with E-state index in [1.807, 2.05) is 31.3 Å². The SMILES string of the molecule is Cn1c(C(C#N)C2=NS(=O)(=O)c3ccccc32)nc2ccccc21. The van der Waals surface area contributed by atoms with Crippen LogP contribution in [0, 0.1) is 11.3 Å². The van der Waals surface area contributed by atoms with E-state index in [-0.39, 0.29) is 10.6 Å². The average Bonchev–Trinajstić information content (AvgIpc) is 3.05. The molecule has 0 N–H and O–H groups in total. The number of rotatable bonds is 2. The number of nitriles is 1. The van der Waals surface area contributed by atoms with Crippen molar-refractivity contribution in [2.24, 2.45) is 11.4 Å². The topological polar surface area (TPSA) is 88.1 Å². The Bertz CT molecular complexity index is 1150. The Morgan fingerprint density at radius 2 is 1.83 bits per heavy atom. The van der Waals surface area contributed by atoms with Gasteiger partial charge in [-0.1, -0.05) is 30.3 Å². The second-order valence-electron chi connectivity index (χ2n) is 5.53. The van der Waals surface area contributed by atoms with Gasteiger partial charge in [0.2, 0.25) is 0 Å². The fourth-order valence-electron chi connectivity index (χ4n) is 3.00. The molecule has 24 heavy (non-hydrogen) atoms. The Hall–Kier alpha value is -2.98. The summed E-state index contributed by atoms with van der Waals surface area (Å²) in [6.07, 6.45) is 0. The lowest BCUT2D eigenvalue weighted by Gasteiger charge is -2.09. The van der Waals surface area contributed by atoms with Crippen LogP contribution >= 0.6 is 0 Å². The molecule has 1 aliphatic heterocycles. The summed E-state index contributed by atoms with van der Waals surface area (Å²) < 4.78 is 30.2. The van der Waals surface area contributed by atoms with E-state index in [2.05, 4.69) is 15.5 Å². The molecule has 1 aromatic heterocycles. The van der Waals surface area contributed by atoms with Gasteiger partial charge in [-0.25, -0.2) is 4.98 Å². The number of aryl methyl sites for hydroxylation is 1. The maximum atomic E-state index is 12.2. The van der Waals surface area contributed by atoms with E-state index in [1.165, 1.54) is 6.07 Å². The van der Waals surface area contributed by atoms with Gasteiger partial charge >= 0.3 is 0 Å². The lowest BCUT2D eigenvalue weighted by molar-refractivity contribution is 0.599. The van der Waals surface area contributed by atoms with Crippen LogP contribution in [0.4, 0.5) is 0 Å². The number of nitrogens with zero attached hydrogens (tertiary/aromatic N) is 4. The zero-order valence-corrected chi connectivity index (χ0v) is 13.5. The van der Waals surface area contributed by atoms with Gasteiger partial charge in [-0.15, -0.1) is 0 Å². The lowest BCUT2D eigenvalue weighted by atomic mass is 9.97. The molecule has 0 spiro atoms. The molecule has 0 aliphatic carbocycles. The molecule has 0 saturated carbocycles. The van der Waals surface area contributed by atoms with E-state index in [0.717, 1.165) is 11.0 Å². The van der Waals surface area contributed by atoms with Gasteiger partial charge in [-0.2, -0.15) is 18.1 Å². The van der Waals surface area contributed by atoms with Crippen molar-refractivity contribution in [2.45, 2.75) is 10.8 Å². The highest BCUT2D eigenvalue weighted by Crippen LogP contribution is 2.33. The van der Waals surface area contributed by atoms with Gasteiger partial charge in [0.1, 0.15) is 11.7 Å². The number of aromatic nitrogens is 2. The van der Waals surface area contributed by atoms with Crippen molar-refractivity contribution in [1.29, 1.82) is 5.26 Å². The minimum Gasteiger partial charge on any atom is -0.330 e. The number of hydrogen-bond acceptors (Lipinski definition) is 4. The van der Waals surface area contributed by atoms with E-state index in [1.54, 1.807) is 22.8 Å². The first-order valence-electron chi connectivity index (χ1n) is 7.28. The van der Waals surface area contributed by atoms with Crippen LogP contribution in [0.2, 0.25) is 0 Å². The molecule has 6 nitrogen and oxygen atoms in total. The van der Waals surface area contributed by atoms with Crippen molar-refractivity contribution < 1.29 is 8.42 Å². The molecule has 3 aromatic rings. The highest BCUT2D eigenvalue weighted by molar-refractivity contribution is 7.90. The largest absolute Gasteiger partial charge is 0.330 e. The highest BCUT2D eigenvalue weighted by Gasteiger charge is 2.35. The first-order valence-corrected chi connectivity index (χ1v) is 8.72. The first kappa shape index (κ1) is 14.6. The minimum atomic E-state index is -3.76. The van der Waals surface area contributed by atoms with Crippen LogP contribution in [0.3, 0.4) is 0 Å². The molecule has 0 radical (unpaired) electrons. The van der Waals surface area contributed by atoms with E-state index < -0.39 is 15.9 Å². The summed E-state index contributed by atoms with van der Waals surface area (Å²) in [6, 6.07) is 16.2. The smallest absolute Gasteiger partial charge is 0.283 e. The Morgan fingerprint density at radius 3 is 2.58 bits per heavy atom. The number of fused-ring (bicyclic) bond motifs is 2. The van der Waals surface area contributed by atoms with Crippen LogP contribution in [0.15, 0.2) is 57.8 Å². The average molecular weight is 336 g/mol. The molecule has 4 rings (SSSR count). The van der Waals surface area contributed by atoms with Crippen LogP contribution in [-0.4, -0.2) is 23.7 Å². The van der Waals surface area contributed by atoms with Crippen LogP contribution < -0.4 is 0 Å². The molecule has 2 heterocycles. The van der Waals surface area contributed by atoms with Gasteiger partial charge in [0, 0.05) is 12.6 Å². The summed E-state index contributed by atoms with van der Waals surface area (Å²) >= 11 is 0. The Kier molecular flexibility index (Phi) is 3.05. The minimum absolute atomic E-state index is 0.138. The number of sulfonamides is 1. The molecular formula is C17H12N4O2S. The maximum absolute atomic E-state index is 12.2. The normalized spacial score (nSPS) is 16.4. The standard InChI is InChI=1S/C17H12N4O2S/c1-21-14-8-4-3-7-13(14)19-17(21)12(10-18)16-11-6-2-5-9-15(11)24(22,23)20-16/h2-9,12H,1H3. The molecule has 118 valence electrons. The summed E-state index contributed by atoms with van der Waals surface area (Å²) in [5.41, 5.74) is 2.33. The van der Waals surface area contributed by atoms with Crippen molar-refractivity contribution in [3.8, 4) is 6.07 Å². The molecule has 7 heteroatoms. The van der Waals surface area contributed by atoms with Crippen molar-refractivity contribution in [3.63, 3.8) is 0 Å². The summed E-state index contributed by atoms with van der Waals surface area (Å²) in [4.78, 5) is 4.65. The maximum Gasteiger partial charge on any atom is 0.283 e. The fourth-order valence-corrected chi connectivity index (χ4v) is 4.26. The Morgan fingerprint density at radius 1 is 1.12 bits per heavy atom. The van der Waals surface area contributed by atoms with Crippen molar-refractivity contribution >= 4 is 26.8 Å². The second-order valence-corrected chi connectivity index (χ2v) is 7.10. The second kappa shape index (κ2) is 5.01. The predicted molar refractivity (Wildman–Crippen MR) is 89.2 cm³/mol. The molecule has 1 atom stereocenters. The van der Waals surface area contributed by atoms with Crippen molar-refractivity contribution in [2.75, 3.05) is 0 Å². The van der Waals surface area contributed by atoms with Gasteiger partial charge < -0.3 is 4.57 Å². The zero-order valence-electron chi connectivity index (χ0n) is 12.7. The summed E-state index contributed by atoms with van der Waals surface area (Å²) in [5, 5.41) is 9.71. The molecule has 0 bridgehead atoms. The van der Waals surface area contributed by atoms with Crippen LogP contribution in [-0.2, 0) is 17.1 Å². The van der Waals surface area contributed by atoms with E-state index in [9.17, 15) is 13.7 Å².